The molecule has 0 aromatic carbocycles. The van der Waals surface area contributed by atoms with Gasteiger partial charge in [-0.25, -0.2) is 0 Å². The van der Waals surface area contributed by atoms with E-state index in [1.807, 2.05) is 0 Å². The summed E-state index contributed by atoms with van der Waals surface area (Å²) >= 11 is 0. The van der Waals surface area contributed by atoms with Crippen molar-refractivity contribution in [1.82, 2.24) is 0 Å². The summed E-state index contributed by atoms with van der Waals surface area (Å²) in [6, 6.07) is 0. The average Bonchev–Trinajstić information content (AvgIpc) is 2.19. The minimum atomic E-state index is -4.43. The molecule has 0 aliphatic heterocycles. The molecule has 1 unspecified atom stereocenters. The predicted octanol–water partition coefficient (Wildman–Crippen LogP) is 3.70. The molecule has 0 rings (SSSR count). The summed E-state index contributed by atoms with van der Waals surface area (Å²) in [6.07, 6.45) is 0.203. The first-order valence-corrected chi connectivity index (χ1v) is 5.60. The summed E-state index contributed by atoms with van der Waals surface area (Å²) in [4.78, 5) is 11.1. The highest BCUT2D eigenvalue weighted by Crippen LogP contribution is 2.17. The van der Waals surface area contributed by atoms with Crippen molar-refractivity contribution in [3.05, 3.63) is 0 Å². The Morgan fingerprint density at radius 3 is 2.38 bits per heavy atom. The smallest absolute Gasteiger partial charge is 0.422 e. The topological polar surface area (TPSA) is 26.3 Å². The highest BCUT2D eigenvalue weighted by atomic mass is 19.4. The zero-order chi connectivity index (χ0) is 12.6. The van der Waals surface area contributed by atoms with Crippen LogP contribution in [0.1, 0.15) is 46.0 Å². The van der Waals surface area contributed by atoms with E-state index in [4.69, 9.17) is 0 Å². The van der Waals surface area contributed by atoms with Crippen molar-refractivity contribution in [1.29, 1.82) is 0 Å². The van der Waals surface area contributed by atoms with Gasteiger partial charge >= 0.3 is 12.1 Å². The molecule has 0 bridgehead atoms. The van der Waals surface area contributed by atoms with Gasteiger partial charge in [-0.1, -0.05) is 39.5 Å². The van der Waals surface area contributed by atoms with Crippen molar-refractivity contribution in [2.24, 2.45) is 5.92 Å². The van der Waals surface area contributed by atoms with E-state index in [2.05, 4.69) is 11.7 Å². The van der Waals surface area contributed by atoms with E-state index in [0.717, 1.165) is 25.7 Å². The zero-order valence-electron chi connectivity index (χ0n) is 9.77. The number of carbonyl (C=O) groups is 1. The van der Waals surface area contributed by atoms with Crippen LogP contribution in [0, 0.1) is 5.92 Å². The highest BCUT2D eigenvalue weighted by molar-refractivity contribution is 5.71. The number of rotatable bonds is 7. The minimum absolute atomic E-state index is 0.445. The lowest BCUT2D eigenvalue weighted by molar-refractivity contribution is -0.189. The Kier molecular flexibility index (Phi) is 7.17. The van der Waals surface area contributed by atoms with Crippen LogP contribution >= 0.6 is 0 Å². The maximum atomic E-state index is 11.8. The van der Waals surface area contributed by atoms with Gasteiger partial charge in [0.05, 0.1) is 5.92 Å². The second-order valence-electron chi connectivity index (χ2n) is 3.97. The van der Waals surface area contributed by atoms with Gasteiger partial charge in [0.25, 0.3) is 0 Å². The normalized spacial score (nSPS) is 13.6. The molecule has 2 nitrogen and oxygen atoms in total. The van der Waals surface area contributed by atoms with Crippen molar-refractivity contribution < 1.29 is 22.7 Å². The number of unbranched alkanes of at least 4 members (excludes halogenated alkanes) is 3. The lowest BCUT2D eigenvalue weighted by Crippen LogP contribution is -2.23. The number of halogens is 3. The fourth-order valence-corrected chi connectivity index (χ4v) is 1.29. The molecule has 0 aromatic rings. The maximum Gasteiger partial charge on any atom is 0.422 e. The van der Waals surface area contributed by atoms with Crippen LogP contribution in [0.2, 0.25) is 0 Å². The SMILES string of the molecule is CCCCCCC(C)C(=O)OCC(F)(F)F. The second-order valence-corrected chi connectivity index (χ2v) is 3.97. The first kappa shape index (κ1) is 15.3. The summed E-state index contributed by atoms with van der Waals surface area (Å²) in [6.45, 7) is 2.19. The summed E-state index contributed by atoms with van der Waals surface area (Å²) in [5.41, 5.74) is 0. The van der Waals surface area contributed by atoms with Crippen LogP contribution in [0.15, 0.2) is 0 Å². The van der Waals surface area contributed by atoms with Crippen molar-refractivity contribution in [3.63, 3.8) is 0 Å². The Hall–Kier alpha value is -0.740. The molecule has 0 radical (unpaired) electrons. The van der Waals surface area contributed by atoms with Crippen LogP contribution in [0.4, 0.5) is 13.2 Å². The van der Waals surface area contributed by atoms with E-state index in [-0.39, 0.29) is 0 Å². The van der Waals surface area contributed by atoms with Crippen LogP contribution < -0.4 is 0 Å². The third-order valence-corrected chi connectivity index (χ3v) is 2.27. The van der Waals surface area contributed by atoms with Gasteiger partial charge in [-0.15, -0.1) is 0 Å². The molecule has 0 amide bonds. The van der Waals surface area contributed by atoms with Gasteiger partial charge in [-0.2, -0.15) is 13.2 Å². The molecule has 0 aliphatic rings. The molecule has 0 saturated carbocycles. The molecule has 16 heavy (non-hydrogen) atoms. The molecule has 1 atom stereocenters. The lowest BCUT2D eigenvalue weighted by Gasteiger charge is -2.12. The lowest BCUT2D eigenvalue weighted by atomic mass is 10.0. The van der Waals surface area contributed by atoms with Crippen LogP contribution in [0.5, 0.6) is 0 Å². The number of hydrogen-bond donors (Lipinski definition) is 0. The molecule has 0 N–H and O–H groups in total. The number of carbonyl (C=O) groups excluding carboxylic acids is 1. The van der Waals surface area contributed by atoms with Crippen LogP contribution in [0.25, 0.3) is 0 Å². The summed E-state index contributed by atoms with van der Waals surface area (Å²) < 4.78 is 39.4. The number of alkyl halides is 3. The second kappa shape index (κ2) is 7.52. The predicted molar refractivity (Wildman–Crippen MR) is 54.9 cm³/mol. The summed E-state index contributed by atoms with van der Waals surface area (Å²) in [5, 5.41) is 0. The maximum absolute atomic E-state index is 11.8. The Morgan fingerprint density at radius 2 is 1.88 bits per heavy atom. The third-order valence-electron chi connectivity index (χ3n) is 2.27. The van der Waals surface area contributed by atoms with E-state index in [1.165, 1.54) is 0 Å². The fraction of sp³-hybridized carbons (Fsp3) is 0.909. The monoisotopic (exact) mass is 240 g/mol. The van der Waals surface area contributed by atoms with E-state index in [0.29, 0.717) is 6.42 Å². The molecule has 0 aromatic heterocycles. The molecule has 0 heterocycles. The van der Waals surface area contributed by atoms with Gasteiger partial charge in [0.1, 0.15) is 0 Å². The fourth-order valence-electron chi connectivity index (χ4n) is 1.29. The Labute approximate surface area is 94.2 Å². The number of esters is 1. The van der Waals surface area contributed by atoms with Gasteiger partial charge in [0, 0.05) is 0 Å². The molecule has 0 aliphatic carbocycles. The first-order valence-electron chi connectivity index (χ1n) is 5.60. The van der Waals surface area contributed by atoms with E-state index >= 15 is 0 Å². The van der Waals surface area contributed by atoms with Gasteiger partial charge in [-0.05, 0) is 6.42 Å². The molecule has 0 fully saturated rings. The van der Waals surface area contributed by atoms with E-state index in [1.54, 1.807) is 6.92 Å². The van der Waals surface area contributed by atoms with Gasteiger partial charge in [-0.3, -0.25) is 4.79 Å². The van der Waals surface area contributed by atoms with Crippen LogP contribution in [-0.4, -0.2) is 18.8 Å². The standard InChI is InChI=1S/C11H19F3O2/c1-3-4-5-6-7-9(2)10(15)16-8-11(12,13)14/h9H,3-8H2,1-2H3. The van der Waals surface area contributed by atoms with Crippen LogP contribution in [0.3, 0.4) is 0 Å². The quantitative estimate of drug-likeness (QED) is 0.501. The summed E-state index contributed by atoms with van der Waals surface area (Å²) in [5.74, 6) is -1.20. The van der Waals surface area contributed by atoms with Crippen molar-refractivity contribution >= 4 is 5.97 Å². The Bertz CT molecular complexity index is 202. The molecular formula is C11H19F3O2. The van der Waals surface area contributed by atoms with Gasteiger partial charge in [0.2, 0.25) is 0 Å². The Balaban J connectivity index is 3.65. The molecular weight excluding hydrogens is 221 g/mol. The molecule has 0 spiro atoms. The molecule has 5 heteroatoms. The van der Waals surface area contributed by atoms with Crippen molar-refractivity contribution in [3.8, 4) is 0 Å². The molecule has 0 saturated heterocycles. The highest BCUT2D eigenvalue weighted by Gasteiger charge is 2.30. The summed E-state index contributed by atoms with van der Waals surface area (Å²) in [7, 11) is 0. The minimum Gasteiger partial charge on any atom is -0.456 e. The average molecular weight is 240 g/mol. The molecule has 96 valence electrons. The Morgan fingerprint density at radius 1 is 1.25 bits per heavy atom. The van der Waals surface area contributed by atoms with Gasteiger partial charge in [0.15, 0.2) is 6.61 Å². The van der Waals surface area contributed by atoms with Crippen LogP contribution in [-0.2, 0) is 9.53 Å². The van der Waals surface area contributed by atoms with E-state index in [9.17, 15) is 18.0 Å². The van der Waals surface area contributed by atoms with Gasteiger partial charge < -0.3 is 4.74 Å². The third kappa shape index (κ3) is 8.56. The number of ether oxygens (including phenoxy) is 1. The van der Waals surface area contributed by atoms with Crippen molar-refractivity contribution in [2.45, 2.75) is 52.1 Å². The number of hydrogen-bond acceptors (Lipinski definition) is 2. The van der Waals surface area contributed by atoms with Crippen molar-refractivity contribution in [2.75, 3.05) is 6.61 Å². The largest absolute Gasteiger partial charge is 0.456 e. The zero-order valence-corrected chi connectivity index (χ0v) is 9.77. The first-order chi connectivity index (χ1) is 7.37. The van der Waals surface area contributed by atoms with E-state index < -0.39 is 24.7 Å².